The van der Waals surface area contributed by atoms with Crippen LogP contribution in [0, 0.1) is 0 Å². The Labute approximate surface area is 193 Å². The summed E-state index contributed by atoms with van der Waals surface area (Å²) < 4.78 is 11.6. The second kappa shape index (κ2) is 8.55. The molecule has 3 aromatic rings. The third kappa shape index (κ3) is 4.35. The first kappa shape index (κ1) is 22.3. The molecular formula is C27H28O4S. The number of ether oxygens (including phenoxy) is 2. The van der Waals surface area contributed by atoms with E-state index in [1.807, 2.05) is 81.6 Å². The average Bonchev–Trinajstić information content (AvgIpc) is 3.44. The molecule has 1 aliphatic rings. The van der Waals surface area contributed by atoms with Crippen LogP contribution in [-0.4, -0.2) is 24.5 Å². The zero-order chi connectivity index (χ0) is 22.9. The van der Waals surface area contributed by atoms with Crippen molar-refractivity contribution in [1.29, 1.82) is 0 Å². The van der Waals surface area contributed by atoms with Crippen LogP contribution in [0.15, 0.2) is 53.9 Å². The Morgan fingerprint density at radius 1 is 1.06 bits per heavy atom. The zero-order valence-electron chi connectivity index (χ0n) is 18.9. The Balaban J connectivity index is 1.69. The molecule has 0 aliphatic heterocycles. The lowest BCUT2D eigenvalue weighted by Gasteiger charge is -2.24. The molecular weight excluding hydrogens is 420 g/mol. The van der Waals surface area contributed by atoms with Crippen molar-refractivity contribution in [2.24, 2.45) is 0 Å². The average molecular weight is 449 g/mol. The van der Waals surface area contributed by atoms with Gasteiger partial charge in [0.15, 0.2) is 6.29 Å². The van der Waals surface area contributed by atoms with Gasteiger partial charge in [-0.15, -0.1) is 11.3 Å². The zero-order valence-corrected chi connectivity index (χ0v) is 19.8. The van der Waals surface area contributed by atoms with Gasteiger partial charge in [-0.05, 0) is 80.8 Å². The minimum absolute atomic E-state index is 0.125. The quantitative estimate of drug-likeness (QED) is 0.299. The van der Waals surface area contributed by atoms with E-state index in [0.29, 0.717) is 12.2 Å². The molecule has 0 bridgehead atoms. The minimum atomic E-state index is -0.469. The van der Waals surface area contributed by atoms with Gasteiger partial charge in [0.2, 0.25) is 0 Å². The number of thiophene rings is 1. The fraction of sp³-hybridized carbons (Fsp3) is 0.333. The Bertz CT molecular complexity index is 1130. The van der Waals surface area contributed by atoms with Crippen LogP contribution in [-0.2, 0) is 14.9 Å². The van der Waals surface area contributed by atoms with Crippen molar-refractivity contribution in [2.75, 3.05) is 6.61 Å². The van der Waals surface area contributed by atoms with Crippen LogP contribution < -0.4 is 4.74 Å². The Morgan fingerprint density at radius 3 is 2.34 bits per heavy atom. The maximum absolute atomic E-state index is 12.4. The topological polar surface area (TPSA) is 52.6 Å². The molecule has 0 spiro atoms. The van der Waals surface area contributed by atoms with Crippen molar-refractivity contribution in [2.45, 2.75) is 51.6 Å². The van der Waals surface area contributed by atoms with Crippen molar-refractivity contribution in [3.63, 3.8) is 0 Å². The number of esters is 1. The van der Waals surface area contributed by atoms with Crippen molar-refractivity contribution < 1.29 is 19.1 Å². The van der Waals surface area contributed by atoms with Gasteiger partial charge in [0, 0.05) is 16.0 Å². The van der Waals surface area contributed by atoms with Crippen molar-refractivity contribution in [1.82, 2.24) is 0 Å². The van der Waals surface area contributed by atoms with E-state index in [1.54, 1.807) is 0 Å². The highest BCUT2D eigenvalue weighted by molar-refractivity contribution is 7.14. The lowest BCUT2D eigenvalue weighted by molar-refractivity contribution is -0.146. The third-order valence-corrected chi connectivity index (χ3v) is 6.62. The Morgan fingerprint density at radius 2 is 1.75 bits per heavy atom. The van der Waals surface area contributed by atoms with Gasteiger partial charge in [0.1, 0.15) is 11.4 Å². The molecule has 0 radical (unpaired) electrons. The Kier molecular flexibility index (Phi) is 5.95. The number of benzene rings is 2. The highest BCUT2D eigenvalue weighted by atomic mass is 32.1. The highest BCUT2D eigenvalue weighted by Crippen LogP contribution is 2.49. The van der Waals surface area contributed by atoms with Crippen LogP contribution in [0.1, 0.15) is 56.5 Å². The SMILES string of the molecule is CCOC(=O)C1(c2ccc(-c3ccc(-c4sccc4C=O)c(OC(C)(C)C)c3)cc2)CC1. The van der Waals surface area contributed by atoms with Crippen LogP contribution in [0.3, 0.4) is 0 Å². The van der Waals surface area contributed by atoms with Gasteiger partial charge in [0.05, 0.1) is 12.0 Å². The Hall–Kier alpha value is -2.92. The summed E-state index contributed by atoms with van der Waals surface area (Å²) in [6.45, 7) is 8.27. The first-order valence-corrected chi connectivity index (χ1v) is 11.8. The van der Waals surface area contributed by atoms with Gasteiger partial charge in [-0.2, -0.15) is 0 Å². The second-order valence-electron chi connectivity index (χ2n) is 9.13. The predicted octanol–water partition coefficient (Wildman–Crippen LogP) is 6.67. The summed E-state index contributed by atoms with van der Waals surface area (Å²) in [4.78, 5) is 24.8. The summed E-state index contributed by atoms with van der Waals surface area (Å²) in [6, 6.07) is 16.1. The normalized spacial score (nSPS) is 14.6. The van der Waals surface area contributed by atoms with E-state index in [4.69, 9.17) is 9.47 Å². The summed E-state index contributed by atoms with van der Waals surface area (Å²) >= 11 is 1.53. The summed E-state index contributed by atoms with van der Waals surface area (Å²) in [5.74, 6) is 0.620. The standard InChI is InChI=1S/C27H28O4S/c1-5-30-25(29)27(13-14-27)21-9-6-18(7-10-21)19-8-11-22(23(16-19)31-26(2,3)4)24-20(17-28)12-15-32-24/h6-12,15-17H,5,13-14H2,1-4H3. The molecule has 0 saturated heterocycles. The van der Waals surface area contributed by atoms with Crippen molar-refractivity contribution >= 4 is 23.6 Å². The molecule has 4 rings (SSSR count). The molecule has 32 heavy (non-hydrogen) atoms. The lowest BCUT2D eigenvalue weighted by atomic mass is 9.93. The molecule has 0 N–H and O–H groups in total. The van der Waals surface area contributed by atoms with E-state index in [-0.39, 0.29) is 11.6 Å². The number of carbonyl (C=O) groups excluding carboxylic acids is 2. The molecule has 0 unspecified atom stereocenters. The fourth-order valence-corrected chi connectivity index (χ4v) is 4.82. The molecule has 1 aliphatic carbocycles. The number of hydrogen-bond donors (Lipinski definition) is 0. The minimum Gasteiger partial charge on any atom is -0.487 e. The molecule has 0 atom stereocenters. The van der Waals surface area contributed by atoms with Gasteiger partial charge in [-0.3, -0.25) is 9.59 Å². The van der Waals surface area contributed by atoms with Crippen molar-refractivity contribution in [3.05, 3.63) is 65.0 Å². The van der Waals surface area contributed by atoms with E-state index in [9.17, 15) is 9.59 Å². The largest absolute Gasteiger partial charge is 0.487 e. The van der Waals surface area contributed by atoms with E-state index in [1.165, 1.54) is 11.3 Å². The monoisotopic (exact) mass is 448 g/mol. The summed E-state index contributed by atoms with van der Waals surface area (Å²) in [5.41, 5.74) is 3.80. The third-order valence-electron chi connectivity index (χ3n) is 5.65. The van der Waals surface area contributed by atoms with Gasteiger partial charge in [0.25, 0.3) is 0 Å². The predicted molar refractivity (Wildman–Crippen MR) is 129 cm³/mol. The van der Waals surface area contributed by atoms with Crippen molar-refractivity contribution in [3.8, 4) is 27.3 Å². The summed E-state index contributed by atoms with van der Waals surface area (Å²) in [6.07, 6.45) is 2.56. The number of rotatable bonds is 7. The van der Waals surface area contributed by atoms with Gasteiger partial charge >= 0.3 is 5.97 Å². The van der Waals surface area contributed by atoms with Gasteiger partial charge < -0.3 is 9.47 Å². The second-order valence-corrected chi connectivity index (χ2v) is 10.0. The first-order valence-electron chi connectivity index (χ1n) is 10.9. The smallest absolute Gasteiger partial charge is 0.316 e. The number of hydrogen-bond acceptors (Lipinski definition) is 5. The van der Waals surface area contributed by atoms with E-state index in [0.717, 1.165) is 52.0 Å². The van der Waals surface area contributed by atoms with E-state index < -0.39 is 5.41 Å². The maximum atomic E-state index is 12.4. The molecule has 0 amide bonds. The van der Waals surface area contributed by atoms with Crippen LogP contribution in [0.2, 0.25) is 0 Å². The molecule has 1 fully saturated rings. The maximum Gasteiger partial charge on any atom is 0.316 e. The highest BCUT2D eigenvalue weighted by Gasteiger charge is 2.52. The summed E-state index contributed by atoms with van der Waals surface area (Å²) in [7, 11) is 0. The van der Waals surface area contributed by atoms with Crippen LogP contribution in [0.5, 0.6) is 5.75 Å². The molecule has 2 aromatic carbocycles. The fourth-order valence-electron chi connectivity index (χ4n) is 3.92. The van der Waals surface area contributed by atoms with Crippen LogP contribution in [0.4, 0.5) is 0 Å². The van der Waals surface area contributed by atoms with Crippen LogP contribution >= 0.6 is 11.3 Å². The molecule has 1 aromatic heterocycles. The number of carbonyl (C=O) groups is 2. The van der Waals surface area contributed by atoms with E-state index in [2.05, 4.69) is 0 Å². The van der Waals surface area contributed by atoms with E-state index >= 15 is 0 Å². The molecule has 1 saturated carbocycles. The molecule has 4 nitrogen and oxygen atoms in total. The number of aldehydes is 1. The lowest BCUT2D eigenvalue weighted by Crippen LogP contribution is -2.23. The first-order chi connectivity index (χ1) is 15.3. The van der Waals surface area contributed by atoms with Crippen LogP contribution in [0.25, 0.3) is 21.6 Å². The molecule has 5 heteroatoms. The summed E-state index contributed by atoms with van der Waals surface area (Å²) in [5, 5.41) is 1.92. The molecule has 1 heterocycles. The van der Waals surface area contributed by atoms with Gasteiger partial charge in [-0.1, -0.05) is 30.3 Å². The molecule has 166 valence electrons. The van der Waals surface area contributed by atoms with Gasteiger partial charge in [-0.25, -0.2) is 0 Å².